The van der Waals surface area contributed by atoms with Gasteiger partial charge in [-0.2, -0.15) is 4.98 Å². The first-order valence-corrected chi connectivity index (χ1v) is 8.56. The fourth-order valence-corrected chi connectivity index (χ4v) is 2.47. The molecule has 150 valence electrons. The van der Waals surface area contributed by atoms with Crippen molar-refractivity contribution in [3.8, 4) is 17.0 Å². The van der Waals surface area contributed by atoms with Gasteiger partial charge in [0, 0.05) is 12.1 Å². The van der Waals surface area contributed by atoms with Crippen molar-refractivity contribution >= 4 is 17.5 Å². The molecule has 3 aromatic rings. The summed E-state index contributed by atoms with van der Waals surface area (Å²) in [5, 5.41) is 10.3. The van der Waals surface area contributed by atoms with Gasteiger partial charge in [0.15, 0.2) is 0 Å². The van der Waals surface area contributed by atoms with Gasteiger partial charge < -0.3 is 15.2 Å². The molecule has 0 aliphatic carbocycles. The molecular formula is C21H21N3O5. The Morgan fingerprint density at radius 3 is 2.24 bits per heavy atom. The van der Waals surface area contributed by atoms with E-state index in [1.165, 1.54) is 31.9 Å². The summed E-state index contributed by atoms with van der Waals surface area (Å²) in [5.41, 5.74) is 8.77. The molecule has 0 amide bonds. The van der Waals surface area contributed by atoms with Crippen molar-refractivity contribution < 1.29 is 19.2 Å². The van der Waals surface area contributed by atoms with Gasteiger partial charge in [-0.3, -0.25) is 10.1 Å². The molecule has 0 unspecified atom stereocenters. The Morgan fingerprint density at radius 1 is 1.03 bits per heavy atom. The average Bonchev–Trinajstić information content (AvgIpc) is 2.73. The quantitative estimate of drug-likeness (QED) is 0.402. The maximum Gasteiger partial charge on any atom is 0.338 e. The fraction of sp³-hybridized carbons (Fsp3) is 0.143. The number of nitrogen functional groups attached to an aromatic ring is 1. The van der Waals surface area contributed by atoms with Crippen molar-refractivity contribution in [2.45, 2.75) is 6.92 Å². The van der Waals surface area contributed by atoms with E-state index in [0.29, 0.717) is 5.56 Å². The molecule has 29 heavy (non-hydrogen) atoms. The zero-order valence-electron chi connectivity index (χ0n) is 16.3. The lowest BCUT2D eigenvalue weighted by atomic mass is 9.99. The standard InChI is InChI=1S/C15H14O2.C6H7N3O3/c1-11-7-9-12(10-8-11)13-5-3-4-6-14(13)15(16)17-2;1-12-5-3-2-4(9(10)11)6(7)8-5/h3-10H,1-2H3;2-3H,1H3,(H2,7,8). The molecule has 1 aromatic heterocycles. The van der Waals surface area contributed by atoms with Crippen LogP contribution in [0.5, 0.6) is 5.88 Å². The zero-order chi connectivity index (χ0) is 21.4. The summed E-state index contributed by atoms with van der Waals surface area (Å²) in [6.45, 7) is 2.04. The molecule has 0 bridgehead atoms. The average molecular weight is 395 g/mol. The Morgan fingerprint density at radius 2 is 1.69 bits per heavy atom. The van der Waals surface area contributed by atoms with Crippen LogP contribution in [0.2, 0.25) is 0 Å². The largest absolute Gasteiger partial charge is 0.481 e. The van der Waals surface area contributed by atoms with E-state index in [0.717, 1.165) is 11.1 Å². The van der Waals surface area contributed by atoms with Gasteiger partial charge >= 0.3 is 11.7 Å². The highest BCUT2D eigenvalue weighted by atomic mass is 16.6. The van der Waals surface area contributed by atoms with Crippen LogP contribution in [0.3, 0.4) is 0 Å². The number of pyridine rings is 1. The topological polar surface area (TPSA) is 118 Å². The predicted molar refractivity (Wildman–Crippen MR) is 110 cm³/mol. The van der Waals surface area contributed by atoms with E-state index in [2.05, 4.69) is 4.98 Å². The van der Waals surface area contributed by atoms with Gasteiger partial charge in [0.05, 0.1) is 24.7 Å². The Balaban J connectivity index is 0.000000221. The van der Waals surface area contributed by atoms with Crippen LogP contribution in [0.1, 0.15) is 15.9 Å². The minimum absolute atomic E-state index is 0.139. The van der Waals surface area contributed by atoms with Crippen molar-refractivity contribution in [3.63, 3.8) is 0 Å². The van der Waals surface area contributed by atoms with E-state index >= 15 is 0 Å². The zero-order valence-corrected chi connectivity index (χ0v) is 16.3. The number of aryl methyl sites for hydroxylation is 1. The van der Waals surface area contributed by atoms with E-state index in [1.807, 2.05) is 49.4 Å². The second-order valence-electron chi connectivity index (χ2n) is 5.92. The summed E-state index contributed by atoms with van der Waals surface area (Å²) < 4.78 is 9.50. The van der Waals surface area contributed by atoms with Crippen molar-refractivity contribution in [3.05, 3.63) is 81.9 Å². The smallest absolute Gasteiger partial charge is 0.338 e. The van der Waals surface area contributed by atoms with Crippen LogP contribution in [0, 0.1) is 17.0 Å². The third kappa shape index (κ3) is 5.52. The summed E-state index contributed by atoms with van der Waals surface area (Å²) in [7, 11) is 2.81. The number of benzene rings is 2. The van der Waals surface area contributed by atoms with Gasteiger partial charge in [0.25, 0.3) is 0 Å². The lowest BCUT2D eigenvalue weighted by Crippen LogP contribution is -2.03. The van der Waals surface area contributed by atoms with Crippen molar-refractivity contribution in [1.29, 1.82) is 0 Å². The molecule has 0 atom stereocenters. The van der Waals surface area contributed by atoms with Gasteiger partial charge in [-0.05, 0) is 24.1 Å². The molecule has 0 aliphatic heterocycles. The third-order valence-electron chi connectivity index (χ3n) is 3.98. The molecule has 0 fully saturated rings. The number of aromatic nitrogens is 1. The summed E-state index contributed by atoms with van der Waals surface area (Å²) in [6.07, 6.45) is 0. The Kier molecular flexibility index (Phi) is 7.25. The number of carbonyl (C=O) groups excluding carboxylic acids is 1. The summed E-state index contributed by atoms with van der Waals surface area (Å²) in [5.74, 6) is -0.182. The van der Waals surface area contributed by atoms with Crippen LogP contribution >= 0.6 is 0 Å². The molecule has 0 radical (unpaired) electrons. The minimum atomic E-state index is -0.595. The number of nitro groups is 1. The molecule has 0 aliphatic rings. The maximum absolute atomic E-state index is 11.7. The molecule has 8 heteroatoms. The number of hydrogen-bond donors (Lipinski definition) is 1. The third-order valence-corrected chi connectivity index (χ3v) is 3.98. The maximum atomic E-state index is 11.7. The molecule has 0 saturated heterocycles. The summed E-state index contributed by atoms with van der Waals surface area (Å²) in [6, 6.07) is 18.2. The van der Waals surface area contributed by atoms with Crippen LogP contribution in [0.4, 0.5) is 11.5 Å². The highest BCUT2D eigenvalue weighted by Gasteiger charge is 2.13. The van der Waals surface area contributed by atoms with Crippen LogP contribution in [0.15, 0.2) is 60.7 Å². The first kappa shape index (κ1) is 21.4. The number of nitrogens with zero attached hydrogens (tertiary/aromatic N) is 2. The van der Waals surface area contributed by atoms with E-state index in [4.69, 9.17) is 15.2 Å². The SMILES string of the molecule is COC(=O)c1ccccc1-c1ccc(C)cc1.COc1ccc([N+](=O)[O-])c(N)n1. The van der Waals surface area contributed by atoms with Crippen molar-refractivity contribution in [2.75, 3.05) is 20.0 Å². The molecule has 2 N–H and O–H groups in total. The fourth-order valence-electron chi connectivity index (χ4n) is 2.47. The first-order chi connectivity index (χ1) is 13.9. The number of nitrogens with two attached hydrogens (primary N) is 1. The number of esters is 1. The van der Waals surface area contributed by atoms with Gasteiger partial charge in [-0.1, -0.05) is 48.0 Å². The van der Waals surface area contributed by atoms with Crippen LogP contribution in [0.25, 0.3) is 11.1 Å². The second-order valence-corrected chi connectivity index (χ2v) is 5.92. The number of methoxy groups -OCH3 is 2. The van der Waals surface area contributed by atoms with Crippen LogP contribution < -0.4 is 10.5 Å². The monoisotopic (exact) mass is 395 g/mol. The Hall–Kier alpha value is -3.94. The van der Waals surface area contributed by atoms with Crippen molar-refractivity contribution in [1.82, 2.24) is 4.98 Å². The van der Waals surface area contributed by atoms with Gasteiger partial charge in [-0.15, -0.1) is 0 Å². The van der Waals surface area contributed by atoms with E-state index in [9.17, 15) is 14.9 Å². The number of ether oxygens (including phenoxy) is 2. The van der Waals surface area contributed by atoms with Gasteiger partial charge in [-0.25, -0.2) is 4.79 Å². The Bertz CT molecular complexity index is 1000. The predicted octanol–water partition coefficient (Wildman–Crippen LogP) is 4.03. The van der Waals surface area contributed by atoms with E-state index in [-0.39, 0.29) is 23.4 Å². The van der Waals surface area contributed by atoms with E-state index in [1.54, 1.807) is 6.07 Å². The normalized spacial score (nSPS) is 9.76. The lowest BCUT2D eigenvalue weighted by Gasteiger charge is -2.08. The second kappa shape index (κ2) is 9.84. The van der Waals surface area contributed by atoms with E-state index < -0.39 is 4.92 Å². The molecule has 8 nitrogen and oxygen atoms in total. The number of rotatable bonds is 4. The minimum Gasteiger partial charge on any atom is -0.481 e. The van der Waals surface area contributed by atoms with Gasteiger partial charge in [0.2, 0.25) is 11.7 Å². The Labute approximate surface area is 168 Å². The summed E-state index contributed by atoms with van der Waals surface area (Å²) >= 11 is 0. The highest BCUT2D eigenvalue weighted by molar-refractivity contribution is 5.97. The summed E-state index contributed by atoms with van der Waals surface area (Å²) in [4.78, 5) is 24.9. The molecule has 0 saturated carbocycles. The lowest BCUT2D eigenvalue weighted by molar-refractivity contribution is -0.384. The van der Waals surface area contributed by atoms with Crippen LogP contribution in [-0.2, 0) is 4.74 Å². The number of anilines is 1. The number of carbonyl (C=O) groups is 1. The highest BCUT2D eigenvalue weighted by Crippen LogP contribution is 2.24. The molecule has 1 heterocycles. The van der Waals surface area contributed by atoms with Gasteiger partial charge in [0.1, 0.15) is 0 Å². The van der Waals surface area contributed by atoms with Crippen molar-refractivity contribution in [2.24, 2.45) is 0 Å². The number of hydrogen-bond acceptors (Lipinski definition) is 7. The van der Waals surface area contributed by atoms with Crippen LogP contribution in [-0.4, -0.2) is 30.1 Å². The first-order valence-electron chi connectivity index (χ1n) is 8.56. The molecule has 2 aromatic carbocycles. The molecular weight excluding hydrogens is 374 g/mol. The molecule has 3 rings (SSSR count). The molecule has 0 spiro atoms.